The summed E-state index contributed by atoms with van der Waals surface area (Å²) in [6, 6.07) is 3.30. The molecule has 118 valence electrons. The smallest absolute Gasteiger partial charge is 0.410 e. The summed E-state index contributed by atoms with van der Waals surface area (Å²) in [5.41, 5.74) is 0.227. The zero-order valence-electron chi connectivity index (χ0n) is 11.9. The first-order valence-electron chi connectivity index (χ1n) is 6.95. The molecule has 1 saturated heterocycles. The Kier molecular flexibility index (Phi) is 5.94. The van der Waals surface area contributed by atoms with Crippen LogP contribution in [0.1, 0.15) is 24.8 Å². The number of rotatable bonds is 6. The molecule has 2 rings (SSSR count). The van der Waals surface area contributed by atoms with Crippen LogP contribution in [0.25, 0.3) is 0 Å². The van der Waals surface area contributed by atoms with Crippen LogP contribution < -0.4 is 10.1 Å². The number of amides is 1. The van der Waals surface area contributed by atoms with Crippen molar-refractivity contribution >= 4 is 11.9 Å². The van der Waals surface area contributed by atoms with Crippen molar-refractivity contribution < 1.29 is 24.1 Å². The molecule has 1 aliphatic rings. The standard InChI is InChI=1S/C14H17N3O5/c15-8-10-9-16-12(17-14(18)19)7-11(10)20-5-6-22-13-3-1-2-4-21-13/h7,9,13H,1-6H2,(H,16,17)(H,18,19). The van der Waals surface area contributed by atoms with Crippen LogP contribution in [-0.2, 0) is 9.47 Å². The van der Waals surface area contributed by atoms with E-state index in [0.29, 0.717) is 13.2 Å². The van der Waals surface area contributed by atoms with Crippen molar-refractivity contribution in [1.29, 1.82) is 5.26 Å². The van der Waals surface area contributed by atoms with E-state index in [9.17, 15) is 4.79 Å². The fraction of sp³-hybridized carbons (Fsp3) is 0.500. The van der Waals surface area contributed by atoms with Gasteiger partial charge in [-0.25, -0.2) is 9.78 Å². The number of carbonyl (C=O) groups is 1. The average molecular weight is 307 g/mol. The molecule has 22 heavy (non-hydrogen) atoms. The molecule has 1 aromatic rings. The van der Waals surface area contributed by atoms with Crippen LogP contribution in [0.15, 0.2) is 12.3 Å². The third-order valence-electron chi connectivity index (χ3n) is 3.00. The molecule has 0 bridgehead atoms. The molecule has 1 aromatic heterocycles. The first kappa shape index (κ1) is 16.0. The number of ether oxygens (including phenoxy) is 3. The van der Waals surface area contributed by atoms with Crippen molar-refractivity contribution in [3.05, 3.63) is 17.8 Å². The highest BCUT2D eigenvalue weighted by Crippen LogP contribution is 2.20. The Hall–Kier alpha value is -2.37. The zero-order valence-corrected chi connectivity index (χ0v) is 11.9. The van der Waals surface area contributed by atoms with E-state index >= 15 is 0 Å². The summed E-state index contributed by atoms with van der Waals surface area (Å²) in [4.78, 5) is 14.4. The van der Waals surface area contributed by atoms with Crippen molar-refractivity contribution in [1.82, 2.24) is 4.98 Å². The Labute approximate surface area is 127 Å². The number of nitrogens with zero attached hydrogens (tertiary/aromatic N) is 2. The number of carboxylic acid groups (broad SMARTS) is 1. The van der Waals surface area contributed by atoms with E-state index in [0.717, 1.165) is 19.3 Å². The molecular formula is C14H17N3O5. The third-order valence-corrected chi connectivity index (χ3v) is 3.00. The largest absolute Gasteiger partial charge is 0.490 e. The molecule has 0 spiro atoms. The van der Waals surface area contributed by atoms with E-state index in [1.165, 1.54) is 12.3 Å². The number of hydrogen-bond acceptors (Lipinski definition) is 6. The van der Waals surface area contributed by atoms with Gasteiger partial charge in [0.15, 0.2) is 6.29 Å². The zero-order chi connectivity index (χ0) is 15.8. The van der Waals surface area contributed by atoms with Gasteiger partial charge < -0.3 is 19.3 Å². The molecule has 0 saturated carbocycles. The van der Waals surface area contributed by atoms with Gasteiger partial charge in [-0.05, 0) is 19.3 Å². The number of pyridine rings is 1. The molecule has 1 amide bonds. The van der Waals surface area contributed by atoms with Gasteiger partial charge in [0, 0.05) is 12.7 Å². The highest BCUT2D eigenvalue weighted by molar-refractivity contribution is 5.81. The average Bonchev–Trinajstić information content (AvgIpc) is 2.52. The van der Waals surface area contributed by atoms with Crippen LogP contribution >= 0.6 is 0 Å². The Bertz CT molecular complexity index is 552. The van der Waals surface area contributed by atoms with Crippen molar-refractivity contribution in [2.45, 2.75) is 25.6 Å². The lowest BCUT2D eigenvalue weighted by Gasteiger charge is -2.22. The molecule has 1 fully saturated rings. The molecule has 1 atom stereocenters. The Balaban J connectivity index is 1.84. The molecule has 1 unspecified atom stereocenters. The van der Waals surface area contributed by atoms with Gasteiger partial charge in [0.2, 0.25) is 0 Å². The van der Waals surface area contributed by atoms with E-state index in [4.69, 9.17) is 24.6 Å². The van der Waals surface area contributed by atoms with E-state index in [-0.39, 0.29) is 30.0 Å². The summed E-state index contributed by atoms with van der Waals surface area (Å²) in [6.45, 7) is 1.25. The Morgan fingerprint density at radius 3 is 3.09 bits per heavy atom. The second-order valence-corrected chi connectivity index (χ2v) is 4.62. The van der Waals surface area contributed by atoms with Crippen molar-refractivity contribution in [3.63, 3.8) is 0 Å². The van der Waals surface area contributed by atoms with Crippen LogP contribution in [0.5, 0.6) is 5.75 Å². The first-order valence-corrected chi connectivity index (χ1v) is 6.95. The summed E-state index contributed by atoms with van der Waals surface area (Å²) in [5, 5.41) is 19.7. The topological polar surface area (TPSA) is 114 Å². The lowest BCUT2D eigenvalue weighted by Crippen LogP contribution is -2.24. The molecule has 0 aliphatic carbocycles. The number of anilines is 1. The Morgan fingerprint density at radius 1 is 1.55 bits per heavy atom. The first-order chi connectivity index (χ1) is 10.7. The number of nitriles is 1. The number of nitrogens with one attached hydrogen (secondary N) is 1. The summed E-state index contributed by atoms with van der Waals surface area (Å²) in [6.07, 6.45) is 2.82. The van der Waals surface area contributed by atoms with Gasteiger partial charge in [-0.1, -0.05) is 0 Å². The molecule has 0 aromatic carbocycles. The van der Waals surface area contributed by atoms with Gasteiger partial charge in [0.1, 0.15) is 29.8 Å². The minimum Gasteiger partial charge on any atom is -0.490 e. The molecule has 1 aliphatic heterocycles. The molecule has 2 N–H and O–H groups in total. The molecule has 0 radical (unpaired) electrons. The monoisotopic (exact) mass is 307 g/mol. The molecule has 2 heterocycles. The molecule has 8 nitrogen and oxygen atoms in total. The van der Waals surface area contributed by atoms with E-state index in [1.807, 2.05) is 6.07 Å². The van der Waals surface area contributed by atoms with Gasteiger partial charge in [0.25, 0.3) is 0 Å². The van der Waals surface area contributed by atoms with E-state index in [2.05, 4.69) is 10.3 Å². The van der Waals surface area contributed by atoms with Gasteiger partial charge in [-0.3, -0.25) is 5.32 Å². The summed E-state index contributed by atoms with van der Waals surface area (Å²) in [7, 11) is 0. The van der Waals surface area contributed by atoms with Crippen molar-refractivity contribution in [2.75, 3.05) is 25.1 Å². The second-order valence-electron chi connectivity index (χ2n) is 4.62. The predicted octanol–water partition coefficient (Wildman–Crippen LogP) is 1.97. The summed E-state index contributed by atoms with van der Waals surface area (Å²) < 4.78 is 16.4. The van der Waals surface area contributed by atoms with Crippen molar-refractivity contribution in [2.24, 2.45) is 0 Å². The van der Waals surface area contributed by atoms with Gasteiger partial charge in [0.05, 0.1) is 12.8 Å². The van der Waals surface area contributed by atoms with Crippen LogP contribution in [-0.4, -0.2) is 42.3 Å². The van der Waals surface area contributed by atoms with E-state index < -0.39 is 6.09 Å². The lowest BCUT2D eigenvalue weighted by molar-refractivity contribution is -0.165. The van der Waals surface area contributed by atoms with Crippen molar-refractivity contribution in [3.8, 4) is 11.8 Å². The maximum absolute atomic E-state index is 10.6. The fourth-order valence-electron chi connectivity index (χ4n) is 1.99. The SMILES string of the molecule is N#Cc1cnc(NC(=O)O)cc1OCCOC1CCCCO1. The van der Waals surface area contributed by atoms with E-state index in [1.54, 1.807) is 0 Å². The minimum atomic E-state index is -1.24. The van der Waals surface area contributed by atoms with Crippen LogP contribution in [0.3, 0.4) is 0 Å². The highest BCUT2D eigenvalue weighted by Gasteiger charge is 2.14. The fourth-order valence-corrected chi connectivity index (χ4v) is 1.99. The maximum Gasteiger partial charge on any atom is 0.410 e. The van der Waals surface area contributed by atoms with Gasteiger partial charge in [-0.15, -0.1) is 0 Å². The minimum absolute atomic E-state index is 0.0954. The van der Waals surface area contributed by atoms with Crippen LogP contribution in [0.2, 0.25) is 0 Å². The Morgan fingerprint density at radius 2 is 2.41 bits per heavy atom. The summed E-state index contributed by atoms with van der Waals surface area (Å²) >= 11 is 0. The highest BCUT2D eigenvalue weighted by atomic mass is 16.7. The predicted molar refractivity (Wildman–Crippen MR) is 75.6 cm³/mol. The molecule has 8 heteroatoms. The second kappa shape index (κ2) is 8.17. The van der Waals surface area contributed by atoms with Gasteiger partial charge in [-0.2, -0.15) is 5.26 Å². The normalized spacial score (nSPS) is 17.5. The molecular weight excluding hydrogens is 290 g/mol. The third kappa shape index (κ3) is 4.87. The van der Waals surface area contributed by atoms with Crippen LogP contribution in [0, 0.1) is 11.3 Å². The van der Waals surface area contributed by atoms with Crippen LogP contribution in [0.4, 0.5) is 10.6 Å². The number of hydrogen-bond donors (Lipinski definition) is 2. The lowest BCUT2D eigenvalue weighted by atomic mass is 10.2. The summed E-state index contributed by atoms with van der Waals surface area (Å²) in [5.74, 6) is 0.354. The van der Waals surface area contributed by atoms with Gasteiger partial charge >= 0.3 is 6.09 Å². The quantitative estimate of drug-likeness (QED) is 0.772. The number of aromatic nitrogens is 1. The maximum atomic E-state index is 10.6.